The molecular formula is C14H21NO5. The number of carboxylic acids is 1. The predicted molar refractivity (Wildman–Crippen MR) is 72.0 cm³/mol. The predicted octanol–water partition coefficient (Wildman–Crippen LogP) is 1.40. The highest BCUT2D eigenvalue weighted by Gasteiger charge is 2.21. The summed E-state index contributed by atoms with van der Waals surface area (Å²) in [5, 5.41) is 11.5. The number of aliphatic carboxylic acids is 1. The zero-order chi connectivity index (χ0) is 15.0. The van der Waals surface area contributed by atoms with E-state index >= 15 is 0 Å². The minimum absolute atomic E-state index is 0.0313. The van der Waals surface area contributed by atoms with Gasteiger partial charge >= 0.3 is 11.9 Å². The van der Waals surface area contributed by atoms with Crippen LogP contribution >= 0.6 is 0 Å². The maximum Gasteiger partial charge on any atom is 0.326 e. The van der Waals surface area contributed by atoms with Crippen LogP contribution in [0.3, 0.4) is 0 Å². The molecule has 1 atom stereocenters. The minimum atomic E-state index is -1.14. The standard InChI is InChI=1S/C14H21NO5/c1-20-13(17)8-7-11(14(18)19)15-12(16)9-10-5-3-2-4-6-10/h5,11H,2-4,6-9H2,1H3,(H,15,16)(H,18,19)/t11-/m0/s1. The average molecular weight is 283 g/mol. The number of amides is 1. The summed E-state index contributed by atoms with van der Waals surface area (Å²) < 4.78 is 4.45. The number of nitrogens with one attached hydrogen (secondary N) is 1. The summed E-state index contributed by atoms with van der Waals surface area (Å²) in [5.74, 6) is -1.93. The van der Waals surface area contributed by atoms with Gasteiger partial charge in [-0.05, 0) is 32.1 Å². The van der Waals surface area contributed by atoms with Gasteiger partial charge in [0.1, 0.15) is 6.04 Å². The van der Waals surface area contributed by atoms with Crippen LogP contribution in [-0.2, 0) is 19.1 Å². The van der Waals surface area contributed by atoms with E-state index in [0.29, 0.717) is 0 Å². The Balaban J connectivity index is 2.43. The van der Waals surface area contributed by atoms with Crippen molar-refractivity contribution in [3.8, 4) is 0 Å². The normalized spacial score (nSPS) is 15.9. The van der Waals surface area contributed by atoms with E-state index in [9.17, 15) is 14.4 Å². The van der Waals surface area contributed by atoms with E-state index in [-0.39, 0.29) is 25.2 Å². The molecule has 0 aliphatic heterocycles. The number of carbonyl (C=O) groups excluding carboxylic acids is 2. The van der Waals surface area contributed by atoms with Crippen LogP contribution in [0.2, 0.25) is 0 Å². The van der Waals surface area contributed by atoms with Crippen molar-refractivity contribution in [3.63, 3.8) is 0 Å². The first-order valence-corrected chi connectivity index (χ1v) is 6.80. The number of carbonyl (C=O) groups is 3. The molecule has 6 nitrogen and oxygen atoms in total. The molecule has 0 fully saturated rings. The lowest BCUT2D eigenvalue weighted by atomic mass is 9.97. The Bertz CT molecular complexity index is 402. The van der Waals surface area contributed by atoms with Crippen LogP contribution < -0.4 is 5.32 Å². The van der Waals surface area contributed by atoms with E-state index in [4.69, 9.17) is 5.11 Å². The second-order valence-corrected chi connectivity index (χ2v) is 4.86. The largest absolute Gasteiger partial charge is 0.480 e. The number of esters is 1. The minimum Gasteiger partial charge on any atom is -0.480 e. The number of rotatable bonds is 7. The van der Waals surface area contributed by atoms with Crippen LogP contribution in [0.25, 0.3) is 0 Å². The Hall–Kier alpha value is -1.85. The van der Waals surface area contributed by atoms with Crippen molar-refractivity contribution in [2.75, 3.05) is 7.11 Å². The molecule has 1 amide bonds. The number of hydrogen-bond donors (Lipinski definition) is 2. The molecule has 0 saturated carbocycles. The van der Waals surface area contributed by atoms with Gasteiger partial charge in [-0.3, -0.25) is 9.59 Å². The number of methoxy groups -OCH3 is 1. The zero-order valence-corrected chi connectivity index (χ0v) is 11.7. The topological polar surface area (TPSA) is 92.7 Å². The molecule has 0 aromatic heterocycles. The quantitative estimate of drug-likeness (QED) is 0.544. The molecule has 20 heavy (non-hydrogen) atoms. The molecule has 112 valence electrons. The highest BCUT2D eigenvalue weighted by atomic mass is 16.5. The van der Waals surface area contributed by atoms with Crippen LogP contribution in [0.1, 0.15) is 44.9 Å². The fourth-order valence-electron chi connectivity index (χ4n) is 2.14. The van der Waals surface area contributed by atoms with E-state index in [2.05, 4.69) is 10.1 Å². The van der Waals surface area contributed by atoms with Crippen LogP contribution in [0, 0.1) is 0 Å². The van der Waals surface area contributed by atoms with Crippen molar-refractivity contribution in [1.82, 2.24) is 5.32 Å². The van der Waals surface area contributed by atoms with E-state index in [1.807, 2.05) is 6.08 Å². The maximum absolute atomic E-state index is 11.8. The number of carboxylic acid groups (broad SMARTS) is 1. The number of allylic oxidation sites excluding steroid dienone is 1. The molecule has 2 N–H and O–H groups in total. The summed E-state index contributed by atoms with van der Waals surface area (Å²) in [6.07, 6.45) is 6.38. The Morgan fingerprint density at radius 3 is 2.70 bits per heavy atom. The summed E-state index contributed by atoms with van der Waals surface area (Å²) in [5.41, 5.74) is 1.06. The second kappa shape index (κ2) is 8.35. The van der Waals surface area contributed by atoms with Crippen molar-refractivity contribution in [3.05, 3.63) is 11.6 Å². The highest BCUT2D eigenvalue weighted by molar-refractivity contribution is 5.85. The molecule has 0 bridgehead atoms. The third-order valence-electron chi connectivity index (χ3n) is 3.27. The summed E-state index contributed by atoms with van der Waals surface area (Å²) in [4.78, 5) is 33.9. The highest BCUT2D eigenvalue weighted by Crippen LogP contribution is 2.19. The molecule has 0 saturated heterocycles. The Morgan fingerprint density at radius 1 is 1.40 bits per heavy atom. The smallest absolute Gasteiger partial charge is 0.326 e. The van der Waals surface area contributed by atoms with Gasteiger partial charge in [0.05, 0.1) is 7.11 Å². The van der Waals surface area contributed by atoms with Crippen LogP contribution in [0.15, 0.2) is 11.6 Å². The van der Waals surface area contributed by atoms with E-state index in [0.717, 1.165) is 31.3 Å². The van der Waals surface area contributed by atoms with Crippen LogP contribution in [0.4, 0.5) is 0 Å². The van der Waals surface area contributed by atoms with Crippen molar-refractivity contribution in [1.29, 1.82) is 0 Å². The van der Waals surface area contributed by atoms with Gasteiger partial charge in [0.25, 0.3) is 0 Å². The van der Waals surface area contributed by atoms with Gasteiger partial charge in [0.2, 0.25) is 5.91 Å². The second-order valence-electron chi connectivity index (χ2n) is 4.86. The van der Waals surface area contributed by atoms with Gasteiger partial charge < -0.3 is 15.2 Å². The number of ether oxygens (including phenoxy) is 1. The molecule has 1 rings (SSSR count). The van der Waals surface area contributed by atoms with Gasteiger partial charge in [-0.2, -0.15) is 0 Å². The maximum atomic E-state index is 11.8. The summed E-state index contributed by atoms with van der Waals surface area (Å²) in [7, 11) is 1.24. The van der Waals surface area contributed by atoms with E-state index in [1.165, 1.54) is 7.11 Å². The summed E-state index contributed by atoms with van der Waals surface area (Å²) in [6, 6.07) is -1.05. The third kappa shape index (κ3) is 5.86. The van der Waals surface area contributed by atoms with Gasteiger partial charge in [0.15, 0.2) is 0 Å². The van der Waals surface area contributed by atoms with Gasteiger partial charge in [-0.25, -0.2) is 4.79 Å². The zero-order valence-electron chi connectivity index (χ0n) is 11.7. The van der Waals surface area contributed by atoms with Crippen molar-refractivity contribution in [2.24, 2.45) is 0 Å². The van der Waals surface area contributed by atoms with Gasteiger partial charge in [-0.1, -0.05) is 11.6 Å². The number of hydrogen-bond acceptors (Lipinski definition) is 4. The Kier molecular flexibility index (Phi) is 6.76. The molecule has 1 aliphatic carbocycles. The molecule has 0 aromatic carbocycles. The molecule has 0 heterocycles. The van der Waals surface area contributed by atoms with Gasteiger partial charge in [0, 0.05) is 12.8 Å². The Morgan fingerprint density at radius 2 is 2.15 bits per heavy atom. The molecular weight excluding hydrogens is 262 g/mol. The molecule has 0 unspecified atom stereocenters. The SMILES string of the molecule is COC(=O)CC[C@H](NC(=O)CC1=CCCCC1)C(=O)O. The first kappa shape index (κ1) is 16.2. The lowest BCUT2D eigenvalue weighted by Crippen LogP contribution is -2.41. The Labute approximate surface area is 118 Å². The van der Waals surface area contributed by atoms with Gasteiger partial charge in [-0.15, -0.1) is 0 Å². The van der Waals surface area contributed by atoms with E-state index < -0.39 is 18.0 Å². The lowest BCUT2D eigenvalue weighted by Gasteiger charge is -2.16. The molecule has 6 heteroatoms. The summed E-state index contributed by atoms with van der Waals surface area (Å²) in [6.45, 7) is 0. The third-order valence-corrected chi connectivity index (χ3v) is 3.27. The van der Waals surface area contributed by atoms with Crippen molar-refractivity contribution >= 4 is 17.8 Å². The first-order chi connectivity index (χ1) is 9.52. The lowest BCUT2D eigenvalue weighted by molar-refractivity contribution is -0.144. The van der Waals surface area contributed by atoms with Crippen molar-refractivity contribution < 1.29 is 24.2 Å². The fourth-order valence-corrected chi connectivity index (χ4v) is 2.14. The molecule has 0 aromatic rings. The van der Waals surface area contributed by atoms with Crippen LogP contribution in [-0.4, -0.2) is 36.1 Å². The molecule has 1 aliphatic rings. The summed E-state index contributed by atoms with van der Waals surface area (Å²) >= 11 is 0. The van der Waals surface area contributed by atoms with Crippen LogP contribution in [0.5, 0.6) is 0 Å². The monoisotopic (exact) mass is 283 g/mol. The van der Waals surface area contributed by atoms with Crippen molar-refractivity contribution in [2.45, 2.75) is 51.0 Å². The fraction of sp³-hybridized carbons (Fsp3) is 0.643. The average Bonchev–Trinajstić information content (AvgIpc) is 2.43. The first-order valence-electron chi connectivity index (χ1n) is 6.80. The molecule has 0 radical (unpaired) electrons. The van der Waals surface area contributed by atoms with E-state index in [1.54, 1.807) is 0 Å². The molecule has 0 spiro atoms.